The molecule has 14 heteroatoms. The molecule has 3 aromatic carbocycles. The minimum absolute atomic E-state index is 0.154. The third-order valence-corrected chi connectivity index (χ3v) is 7.57. The number of benzene rings is 3. The summed E-state index contributed by atoms with van der Waals surface area (Å²) in [6, 6.07) is 17.8. The number of aryl methyl sites for hydroxylation is 1. The second-order valence-corrected chi connectivity index (χ2v) is 10.9. The van der Waals surface area contributed by atoms with Crippen LogP contribution in [0.3, 0.4) is 0 Å². The molecular weight excluding hydrogens is 580 g/mol. The number of aliphatic carboxylic acids is 1. The van der Waals surface area contributed by atoms with Crippen molar-refractivity contribution < 1.29 is 40.7 Å². The zero-order chi connectivity index (χ0) is 30.9. The van der Waals surface area contributed by atoms with Crippen LogP contribution < -0.4 is 20.3 Å². The number of carboxylic acid groups (broad SMARTS) is 1. The van der Waals surface area contributed by atoms with Crippen molar-refractivity contribution >= 4 is 33.3 Å². The van der Waals surface area contributed by atoms with Gasteiger partial charge < -0.3 is 20.6 Å². The summed E-state index contributed by atoms with van der Waals surface area (Å²) in [5.41, 5.74) is 3.03. The van der Waals surface area contributed by atoms with Crippen LogP contribution in [0.5, 0.6) is 0 Å². The molecule has 4 rings (SSSR count). The Bertz CT molecular complexity index is 1490. The van der Waals surface area contributed by atoms with Gasteiger partial charge in [-0.25, -0.2) is 17.6 Å². The number of hydrogen-bond donors (Lipinski definition) is 4. The molecule has 1 aliphatic rings. The molecule has 1 fully saturated rings. The number of anilines is 2. The normalized spacial score (nSPS) is 13.5. The van der Waals surface area contributed by atoms with E-state index < -0.39 is 22.2 Å². The van der Waals surface area contributed by atoms with Crippen LogP contribution in [0, 0.1) is 5.82 Å². The maximum atomic E-state index is 13.4. The second kappa shape index (κ2) is 14.1. The molecule has 0 spiro atoms. The van der Waals surface area contributed by atoms with Gasteiger partial charge in [0.2, 0.25) is 0 Å². The number of piperazine rings is 1. The summed E-state index contributed by atoms with van der Waals surface area (Å²) in [6.45, 7) is 5.14. The summed E-state index contributed by atoms with van der Waals surface area (Å²) < 4.78 is 74.2. The second-order valence-electron chi connectivity index (χ2n) is 9.19. The molecule has 0 aliphatic carbocycles. The van der Waals surface area contributed by atoms with Crippen molar-refractivity contribution in [3.8, 4) is 0 Å². The lowest BCUT2D eigenvalue weighted by Crippen LogP contribution is -2.43. The number of nitrogens with one attached hydrogen (secondary N) is 3. The summed E-state index contributed by atoms with van der Waals surface area (Å²) in [5.74, 6) is -3.51. The zero-order valence-corrected chi connectivity index (χ0v) is 23.4. The van der Waals surface area contributed by atoms with E-state index in [1.54, 1.807) is 54.6 Å². The molecule has 226 valence electrons. The number of rotatable bonds is 8. The molecular formula is C28H30F4N4O5S. The van der Waals surface area contributed by atoms with Gasteiger partial charge in [0.1, 0.15) is 5.82 Å². The highest BCUT2D eigenvalue weighted by molar-refractivity contribution is 7.92. The van der Waals surface area contributed by atoms with E-state index in [1.807, 2.05) is 6.92 Å². The zero-order valence-electron chi connectivity index (χ0n) is 22.5. The topological polar surface area (TPSA) is 128 Å². The number of carbonyl (C=O) groups excluding carboxylic acids is 1. The molecule has 9 nitrogen and oxygen atoms in total. The highest BCUT2D eigenvalue weighted by atomic mass is 32.2. The molecule has 3 aromatic rings. The Morgan fingerprint density at radius 2 is 1.62 bits per heavy atom. The highest BCUT2D eigenvalue weighted by Crippen LogP contribution is 2.30. The number of hydrogen-bond acceptors (Lipinski definition) is 6. The van der Waals surface area contributed by atoms with Crippen molar-refractivity contribution in [2.24, 2.45) is 0 Å². The summed E-state index contributed by atoms with van der Waals surface area (Å²) in [4.78, 5) is 24.0. The smallest absolute Gasteiger partial charge is 0.475 e. The summed E-state index contributed by atoms with van der Waals surface area (Å²) >= 11 is 0. The van der Waals surface area contributed by atoms with Crippen LogP contribution >= 0.6 is 0 Å². The van der Waals surface area contributed by atoms with Gasteiger partial charge in [0, 0.05) is 38.3 Å². The monoisotopic (exact) mass is 610 g/mol. The minimum Gasteiger partial charge on any atom is -0.475 e. The molecule has 0 bridgehead atoms. The van der Waals surface area contributed by atoms with Crippen LogP contribution in [0.1, 0.15) is 28.4 Å². The van der Waals surface area contributed by atoms with Crippen molar-refractivity contribution in [3.05, 3.63) is 89.2 Å². The summed E-state index contributed by atoms with van der Waals surface area (Å²) in [5, 5.41) is 13.2. The lowest BCUT2D eigenvalue weighted by atomic mass is 10.1. The number of amides is 1. The quantitative estimate of drug-likeness (QED) is 0.282. The van der Waals surface area contributed by atoms with E-state index in [9.17, 15) is 30.8 Å². The van der Waals surface area contributed by atoms with E-state index >= 15 is 0 Å². The van der Waals surface area contributed by atoms with Gasteiger partial charge in [-0.15, -0.1) is 0 Å². The Morgan fingerprint density at radius 3 is 2.19 bits per heavy atom. The standard InChI is InChI=1S/C26H29FN4O3S.C2HF3O2/c1-2-19-6-9-23(10-7-19)35(33,34)30-24-17-21(8-11-25(24)31-14-12-28-13-15-31)26(32)29-18-20-4-3-5-22(27)16-20;3-2(4,5)1(6)7/h3-11,16-17,28,30H,2,12-15,18H2,1H3,(H,29,32);(H,6,7). The molecule has 42 heavy (non-hydrogen) atoms. The molecule has 0 unspecified atom stereocenters. The van der Waals surface area contributed by atoms with Crippen LogP contribution in [-0.4, -0.2) is 57.8 Å². The van der Waals surface area contributed by atoms with Gasteiger partial charge in [0.15, 0.2) is 0 Å². The molecule has 0 atom stereocenters. The Balaban J connectivity index is 0.000000616. The lowest BCUT2D eigenvalue weighted by molar-refractivity contribution is -0.192. The highest BCUT2D eigenvalue weighted by Gasteiger charge is 2.38. The van der Waals surface area contributed by atoms with Crippen molar-refractivity contribution in [2.45, 2.75) is 31.0 Å². The number of carboxylic acids is 1. The van der Waals surface area contributed by atoms with Gasteiger partial charge in [-0.2, -0.15) is 13.2 Å². The maximum Gasteiger partial charge on any atom is 0.490 e. The molecule has 0 saturated carbocycles. The van der Waals surface area contributed by atoms with Gasteiger partial charge in [0.25, 0.3) is 15.9 Å². The van der Waals surface area contributed by atoms with Crippen LogP contribution in [-0.2, 0) is 27.8 Å². The average Bonchev–Trinajstić information content (AvgIpc) is 2.96. The third kappa shape index (κ3) is 9.17. The number of halogens is 4. The predicted molar refractivity (Wildman–Crippen MR) is 149 cm³/mol. The van der Waals surface area contributed by atoms with Gasteiger partial charge in [0.05, 0.1) is 16.3 Å². The van der Waals surface area contributed by atoms with E-state index in [2.05, 4.69) is 20.3 Å². The number of sulfonamides is 1. The van der Waals surface area contributed by atoms with Crippen molar-refractivity contribution in [1.29, 1.82) is 0 Å². The van der Waals surface area contributed by atoms with Gasteiger partial charge >= 0.3 is 12.1 Å². The number of nitrogens with zero attached hydrogens (tertiary/aromatic N) is 1. The molecule has 0 aromatic heterocycles. The van der Waals surface area contributed by atoms with E-state index in [-0.39, 0.29) is 23.2 Å². The van der Waals surface area contributed by atoms with E-state index in [4.69, 9.17) is 9.90 Å². The Labute approximate surface area is 240 Å². The fourth-order valence-electron chi connectivity index (χ4n) is 3.98. The SMILES string of the molecule is CCc1ccc(S(=O)(=O)Nc2cc(C(=O)NCc3cccc(F)c3)ccc2N2CCNCC2)cc1.O=C(O)C(F)(F)F. The average molecular weight is 611 g/mol. The molecule has 4 N–H and O–H groups in total. The van der Waals surface area contributed by atoms with Crippen LogP contribution in [0.25, 0.3) is 0 Å². The first kappa shape index (κ1) is 32.3. The first-order valence-electron chi connectivity index (χ1n) is 12.8. The van der Waals surface area contributed by atoms with E-state index in [1.165, 1.54) is 12.1 Å². The van der Waals surface area contributed by atoms with Gasteiger partial charge in [-0.1, -0.05) is 31.2 Å². The minimum atomic E-state index is -5.08. The maximum absolute atomic E-state index is 13.4. The van der Waals surface area contributed by atoms with E-state index in [0.29, 0.717) is 35.6 Å². The van der Waals surface area contributed by atoms with Crippen molar-refractivity contribution in [1.82, 2.24) is 10.6 Å². The fraction of sp³-hybridized carbons (Fsp3) is 0.286. The fourth-order valence-corrected chi connectivity index (χ4v) is 5.05. The molecule has 1 heterocycles. The Hall–Kier alpha value is -4.17. The molecule has 1 amide bonds. The van der Waals surface area contributed by atoms with Crippen LogP contribution in [0.15, 0.2) is 71.6 Å². The van der Waals surface area contributed by atoms with Gasteiger partial charge in [-0.05, 0) is 60.0 Å². The molecule has 1 saturated heterocycles. The van der Waals surface area contributed by atoms with Gasteiger partial charge in [-0.3, -0.25) is 9.52 Å². The third-order valence-electron chi connectivity index (χ3n) is 6.19. The molecule has 0 radical (unpaired) electrons. The van der Waals surface area contributed by atoms with Crippen LogP contribution in [0.2, 0.25) is 0 Å². The number of alkyl halides is 3. The number of carbonyl (C=O) groups is 2. The van der Waals surface area contributed by atoms with Crippen molar-refractivity contribution in [3.63, 3.8) is 0 Å². The largest absolute Gasteiger partial charge is 0.490 e. The molecule has 1 aliphatic heterocycles. The Morgan fingerprint density at radius 1 is 0.976 bits per heavy atom. The van der Waals surface area contributed by atoms with Crippen LogP contribution in [0.4, 0.5) is 28.9 Å². The Kier molecular flexibility index (Phi) is 10.9. The summed E-state index contributed by atoms with van der Waals surface area (Å²) in [7, 11) is -3.87. The lowest BCUT2D eigenvalue weighted by Gasteiger charge is -2.31. The van der Waals surface area contributed by atoms with Crippen molar-refractivity contribution in [2.75, 3.05) is 35.8 Å². The summed E-state index contributed by atoms with van der Waals surface area (Å²) in [6.07, 6.45) is -4.27. The first-order valence-corrected chi connectivity index (χ1v) is 14.3. The van der Waals surface area contributed by atoms with E-state index in [0.717, 1.165) is 25.1 Å². The predicted octanol–water partition coefficient (Wildman–Crippen LogP) is 4.16. The first-order chi connectivity index (χ1) is 19.8.